The van der Waals surface area contributed by atoms with Gasteiger partial charge in [-0.05, 0) is 36.6 Å². The van der Waals surface area contributed by atoms with Crippen LogP contribution in [0.2, 0.25) is 0 Å². The van der Waals surface area contributed by atoms with E-state index in [4.69, 9.17) is 4.74 Å². The average Bonchev–Trinajstić information content (AvgIpc) is 2.70. The standard InChI is InChI=1S/C22H30N4O/c1-17-8-9-19(18(2)14-17)15-24-22(23-3)25-16-20-6-4-5-7-21(20)26-10-12-27-13-11-26/h4-9,14H,10-13,15-16H2,1-3H3,(H2,23,24,25). The molecule has 144 valence electrons. The molecule has 0 radical (unpaired) electrons. The number of anilines is 1. The van der Waals surface area contributed by atoms with E-state index in [9.17, 15) is 0 Å². The van der Waals surface area contributed by atoms with Crippen LogP contribution in [0.4, 0.5) is 5.69 Å². The van der Waals surface area contributed by atoms with Crippen molar-refractivity contribution < 1.29 is 4.74 Å². The SMILES string of the molecule is CN=C(NCc1ccc(C)cc1C)NCc1ccccc1N1CCOCC1. The lowest BCUT2D eigenvalue weighted by molar-refractivity contribution is 0.122. The van der Waals surface area contributed by atoms with Crippen molar-refractivity contribution in [3.63, 3.8) is 0 Å². The van der Waals surface area contributed by atoms with E-state index >= 15 is 0 Å². The minimum Gasteiger partial charge on any atom is -0.378 e. The van der Waals surface area contributed by atoms with Gasteiger partial charge in [0.05, 0.1) is 13.2 Å². The minimum atomic E-state index is 0.736. The molecule has 1 fully saturated rings. The van der Waals surface area contributed by atoms with E-state index in [1.807, 2.05) is 7.05 Å². The van der Waals surface area contributed by atoms with E-state index in [1.54, 1.807) is 0 Å². The summed E-state index contributed by atoms with van der Waals surface area (Å²) in [5.74, 6) is 0.812. The molecule has 2 aromatic rings. The van der Waals surface area contributed by atoms with E-state index in [1.165, 1.54) is 27.9 Å². The van der Waals surface area contributed by atoms with Gasteiger partial charge in [0, 0.05) is 38.9 Å². The molecule has 0 amide bonds. The molecule has 0 unspecified atom stereocenters. The topological polar surface area (TPSA) is 48.9 Å². The summed E-state index contributed by atoms with van der Waals surface area (Å²) in [5.41, 5.74) is 6.43. The van der Waals surface area contributed by atoms with Crippen molar-refractivity contribution in [2.45, 2.75) is 26.9 Å². The number of rotatable bonds is 5. The minimum absolute atomic E-state index is 0.736. The fraction of sp³-hybridized carbons (Fsp3) is 0.409. The Morgan fingerprint density at radius 2 is 1.70 bits per heavy atom. The first-order valence-electron chi connectivity index (χ1n) is 9.58. The maximum atomic E-state index is 5.48. The summed E-state index contributed by atoms with van der Waals surface area (Å²) < 4.78 is 5.48. The smallest absolute Gasteiger partial charge is 0.191 e. The van der Waals surface area contributed by atoms with Gasteiger partial charge in [0.2, 0.25) is 0 Å². The Labute approximate surface area is 162 Å². The second kappa shape index (κ2) is 9.42. The number of nitrogens with one attached hydrogen (secondary N) is 2. The van der Waals surface area contributed by atoms with Crippen molar-refractivity contribution in [3.8, 4) is 0 Å². The van der Waals surface area contributed by atoms with Crippen LogP contribution >= 0.6 is 0 Å². The van der Waals surface area contributed by atoms with Gasteiger partial charge in [-0.15, -0.1) is 0 Å². The predicted molar refractivity (Wildman–Crippen MR) is 112 cm³/mol. The predicted octanol–water partition coefficient (Wildman–Crippen LogP) is 3.01. The van der Waals surface area contributed by atoms with Gasteiger partial charge >= 0.3 is 0 Å². The lowest BCUT2D eigenvalue weighted by Crippen LogP contribution is -2.39. The Hall–Kier alpha value is -2.53. The maximum Gasteiger partial charge on any atom is 0.191 e. The molecule has 0 aliphatic carbocycles. The lowest BCUT2D eigenvalue weighted by Gasteiger charge is -2.30. The molecule has 0 aromatic heterocycles. The molecular weight excluding hydrogens is 336 g/mol. The first-order chi connectivity index (χ1) is 13.2. The van der Waals surface area contributed by atoms with Crippen molar-refractivity contribution in [1.82, 2.24) is 10.6 Å². The van der Waals surface area contributed by atoms with Crippen LogP contribution in [0.15, 0.2) is 47.5 Å². The van der Waals surface area contributed by atoms with Crippen molar-refractivity contribution >= 4 is 11.6 Å². The van der Waals surface area contributed by atoms with Gasteiger partial charge in [-0.3, -0.25) is 4.99 Å². The fourth-order valence-electron chi connectivity index (χ4n) is 3.40. The first kappa shape index (κ1) is 19.2. The molecule has 1 aliphatic heterocycles. The largest absolute Gasteiger partial charge is 0.378 e. The number of nitrogens with zero attached hydrogens (tertiary/aromatic N) is 2. The first-order valence-corrected chi connectivity index (χ1v) is 9.58. The summed E-state index contributed by atoms with van der Waals surface area (Å²) >= 11 is 0. The summed E-state index contributed by atoms with van der Waals surface area (Å²) in [4.78, 5) is 6.76. The Bertz CT molecular complexity index is 782. The van der Waals surface area contributed by atoms with Crippen molar-refractivity contribution in [2.24, 2.45) is 4.99 Å². The zero-order chi connectivity index (χ0) is 19.1. The molecule has 3 rings (SSSR count). The maximum absolute atomic E-state index is 5.48. The summed E-state index contributed by atoms with van der Waals surface area (Å²) in [6.45, 7) is 9.24. The third-order valence-corrected chi connectivity index (χ3v) is 4.96. The zero-order valence-electron chi connectivity index (χ0n) is 16.6. The van der Waals surface area contributed by atoms with E-state index in [2.05, 4.69) is 76.8 Å². The Morgan fingerprint density at radius 3 is 2.41 bits per heavy atom. The van der Waals surface area contributed by atoms with Gasteiger partial charge in [-0.2, -0.15) is 0 Å². The summed E-state index contributed by atoms with van der Waals surface area (Å²) in [6.07, 6.45) is 0. The molecule has 2 aromatic carbocycles. The van der Waals surface area contributed by atoms with Gasteiger partial charge in [0.25, 0.3) is 0 Å². The highest BCUT2D eigenvalue weighted by atomic mass is 16.5. The third-order valence-electron chi connectivity index (χ3n) is 4.96. The molecule has 5 heteroatoms. The molecule has 0 atom stereocenters. The van der Waals surface area contributed by atoms with Crippen LogP contribution in [0, 0.1) is 13.8 Å². The number of para-hydroxylation sites is 1. The van der Waals surface area contributed by atoms with Crippen molar-refractivity contribution in [3.05, 3.63) is 64.7 Å². The fourth-order valence-corrected chi connectivity index (χ4v) is 3.40. The van der Waals surface area contributed by atoms with Crippen molar-refractivity contribution in [2.75, 3.05) is 38.3 Å². The Balaban J connectivity index is 1.59. The van der Waals surface area contributed by atoms with Crippen LogP contribution in [0.25, 0.3) is 0 Å². The number of aliphatic imine (C=N–C) groups is 1. The van der Waals surface area contributed by atoms with Crippen LogP contribution in [-0.4, -0.2) is 39.3 Å². The summed E-state index contributed by atoms with van der Waals surface area (Å²) in [5, 5.41) is 6.87. The molecular formula is C22H30N4O. The molecule has 0 spiro atoms. The molecule has 27 heavy (non-hydrogen) atoms. The number of hydrogen-bond acceptors (Lipinski definition) is 3. The van der Waals surface area contributed by atoms with Crippen LogP contribution in [0.3, 0.4) is 0 Å². The summed E-state index contributed by atoms with van der Waals surface area (Å²) in [7, 11) is 1.81. The van der Waals surface area contributed by atoms with Gasteiger partial charge in [-0.1, -0.05) is 42.0 Å². The molecule has 0 bridgehead atoms. The highest BCUT2D eigenvalue weighted by molar-refractivity contribution is 5.79. The quantitative estimate of drug-likeness (QED) is 0.631. The second-order valence-electron chi connectivity index (χ2n) is 6.94. The second-order valence-corrected chi connectivity index (χ2v) is 6.94. The number of guanidine groups is 1. The van der Waals surface area contributed by atoms with Crippen LogP contribution < -0.4 is 15.5 Å². The van der Waals surface area contributed by atoms with Gasteiger partial charge < -0.3 is 20.3 Å². The third kappa shape index (κ3) is 5.23. The zero-order valence-corrected chi connectivity index (χ0v) is 16.6. The molecule has 5 nitrogen and oxygen atoms in total. The molecule has 1 saturated heterocycles. The van der Waals surface area contributed by atoms with Crippen LogP contribution in [0.5, 0.6) is 0 Å². The van der Waals surface area contributed by atoms with E-state index in [-0.39, 0.29) is 0 Å². The normalized spacial score (nSPS) is 14.9. The molecule has 1 heterocycles. The van der Waals surface area contributed by atoms with Crippen LogP contribution in [-0.2, 0) is 17.8 Å². The summed E-state index contributed by atoms with van der Waals surface area (Å²) in [6, 6.07) is 15.1. The molecule has 2 N–H and O–H groups in total. The number of morpholine rings is 1. The average molecular weight is 367 g/mol. The molecule has 1 aliphatic rings. The van der Waals surface area contributed by atoms with Crippen LogP contribution in [0.1, 0.15) is 22.3 Å². The lowest BCUT2D eigenvalue weighted by atomic mass is 10.1. The highest BCUT2D eigenvalue weighted by Crippen LogP contribution is 2.21. The van der Waals surface area contributed by atoms with E-state index in [0.29, 0.717) is 0 Å². The monoisotopic (exact) mass is 366 g/mol. The number of hydrogen-bond donors (Lipinski definition) is 2. The van der Waals surface area contributed by atoms with Crippen molar-refractivity contribution in [1.29, 1.82) is 0 Å². The molecule has 0 saturated carbocycles. The van der Waals surface area contributed by atoms with Gasteiger partial charge in [-0.25, -0.2) is 0 Å². The highest BCUT2D eigenvalue weighted by Gasteiger charge is 2.14. The van der Waals surface area contributed by atoms with Gasteiger partial charge in [0.1, 0.15) is 0 Å². The Kier molecular flexibility index (Phi) is 6.71. The Morgan fingerprint density at radius 1 is 1.00 bits per heavy atom. The number of aryl methyl sites for hydroxylation is 2. The van der Waals surface area contributed by atoms with E-state index in [0.717, 1.165) is 45.4 Å². The number of ether oxygens (including phenoxy) is 1. The van der Waals surface area contributed by atoms with Gasteiger partial charge in [0.15, 0.2) is 5.96 Å². The van der Waals surface area contributed by atoms with E-state index < -0.39 is 0 Å². The number of benzene rings is 2.